The minimum Gasteiger partial charge on any atom is -0.494 e. The number of halogens is 2. The fourth-order valence-corrected chi connectivity index (χ4v) is 4.70. The lowest BCUT2D eigenvalue weighted by atomic mass is 10.1. The highest BCUT2D eigenvalue weighted by molar-refractivity contribution is 9.10. The molecule has 5 nitrogen and oxygen atoms in total. The summed E-state index contributed by atoms with van der Waals surface area (Å²) in [6, 6.07) is 26.5. The van der Waals surface area contributed by atoms with Crippen molar-refractivity contribution in [2.45, 2.75) is 13.5 Å². The van der Waals surface area contributed by atoms with Gasteiger partial charge in [-0.05, 0) is 75.1 Å². The Kier molecular flexibility index (Phi) is 8.27. The minimum atomic E-state index is -0.533. The number of hydrogen-bond acceptors (Lipinski definition) is 4. The van der Waals surface area contributed by atoms with E-state index in [0.29, 0.717) is 45.5 Å². The van der Waals surface area contributed by atoms with Gasteiger partial charge >= 0.3 is 0 Å². The van der Waals surface area contributed by atoms with E-state index in [1.807, 2.05) is 37.3 Å². The summed E-state index contributed by atoms with van der Waals surface area (Å²) in [5.41, 5.74) is 2.09. The Morgan fingerprint density at radius 2 is 1.83 bits per heavy atom. The molecule has 0 saturated heterocycles. The molecule has 36 heavy (non-hydrogen) atoms. The Hall–Kier alpha value is -3.79. The molecule has 1 amide bonds. The molecule has 7 heteroatoms. The van der Waals surface area contributed by atoms with E-state index in [-0.39, 0.29) is 5.57 Å². The number of nitrogens with zero attached hydrogens (tertiary/aromatic N) is 1. The standard InChI is InChI=1S/C29H22BrClN2O3/c1-2-35-24-11-6-10-23(16-24)33-29(34)22(17-32)13-19-14-26(30)28(27(31)15-19)36-18-21-9-5-8-20-7-3-4-12-25(20)21/h3-16H,2,18H2,1H3,(H,33,34)/b22-13-. The van der Waals surface area contributed by atoms with Gasteiger partial charge in [-0.2, -0.15) is 5.26 Å². The SMILES string of the molecule is CCOc1cccc(NC(=O)/C(C#N)=C\c2cc(Cl)c(OCc3cccc4ccccc34)c(Br)c2)c1. The van der Waals surface area contributed by atoms with Crippen LogP contribution in [-0.2, 0) is 11.4 Å². The first-order valence-electron chi connectivity index (χ1n) is 11.2. The molecule has 0 spiro atoms. The number of hydrogen-bond donors (Lipinski definition) is 1. The van der Waals surface area contributed by atoms with Crippen LogP contribution in [0.4, 0.5) is 5.69 Å². The predicted octanol–water partition coefficient (Wildman–Crippen LogP) is 7.78. The van der Waals surface area contributed by atoms with Crippen molar-refractivity contribution in [3.8, 4) is 17.6 Å². The van der Waals surface area contributed by atoms with E-state index in [1.54, 1.807) is 36.4 Å². The molecule has 0 atom stereocenters. The second-order valence-electron chi connectivity index (χ2n) is 7.83. The number of nitrogens with one attached hydrogen (secondary N) is 1. The van der Waals surface area contributed by atoms with Crippen molar-refractivity contribution in [2.24, 2.45) is 0 Å². The van der Waals surface area contributed by atoms with E-state index < -0.39 is 5.91 Å². The number of rotatable bonds is 8. The minimum absolute atomic E-state index is 0.0656. The number of ether oxygens (including phenoxy) is 2. The Bertz CT molecular complexity index is 1470. The van der Waals surface area contributed by atoms with E-state index in [4.69, 9.17) is 21.1 Å². The van der Waals surface area contributed by atoms with Crippen LogP contribution in [0.2, 0.25) is 5.02 Å². The van der Waals surface area contributed by atoms with Crippen LogP contribution in [0.3, 0.4) is 0 Å². The lowest BCUT2D eigenvalue weighted by molar-refractivity contribution is -0.112. The zero-order valence-corrected chi connectivity index (χ0v) is 21.8. The van der Waals surface area contributed by atoms with Crippen molar-refractivity contribution in [1.82, 2.24) is 0 Å². The van der Waals surface area contributed by atoms with Gasteiger partial charge < -0.3 is 14.8 Å². The summed E-state index contributed by atoms with van der Waals surface area (Å²) in [4.78, 5) is 12.7. The lowest BCUT2D eigenvalue weighted by Gasteiger charge is -2.13. The van der Waals surface area contributed by atoms with Gasteiger partial charge in [0.2, 0.25) is 0 Å². The van der Waals surface area contributed by atoms with E-state index >= 15 is 0 Å². The van der Waals surface area contributed by atoms with Crippen LogP contribution in [-0.4, -0.2) is 12.5 Å². The molecular weight excluding hydrogens is 540 g/mol. The quantitative estimate of drug-likeness (QED) is 0.176. The molecule has 0 aliphatic rings. The second kappa shape index (κ2) is 11.8. The fourth-order valence-electron chi connectivity index (χ4n) is 3.71. The van der Waals surface area contributed by atoms with E-state index in [9.17, 15) is 10.1 Å². The van der Waals surface area contributed by atoms with Crippen LogP contribution < -0.4 is 14.8 Å². The zero-order chi connectivity index (χ0) is 25.5. The average molecular weight is 562 g/mol. The summed E-state index contributed by atoms with van der Waals surface area (Å²) in [5, 5.41) is 14.9. The Morgan fingerprint density at radius 3 is 2.61 bits per heavy atom. The van der Waals surface area contributed by atoms with Crippen LogP contribution in [0.1, 0.15) is 18.1 Å². The average Bonchev–Trinajstić information content (AvgIpc) is 2.87. The zero-order valence-electron chi connectivity index (χ0n) is 19.4. The molecule has 180 valence electrons. The third kappa shape index (κ3) is 6.06. The molecule has 0 unspecified atom stereocenters. The molecular formula is C29H22BrClN2O3. The number of carbonyl (C=O) groups excluding carboxylic acids is 1. The van der Waals surface area contributed by atoms with Crippen molar-refractivity contribution >= 4 is 56.0 Å². The van der Waals surface area contributed by atoms with Crippen molar-refractivity contribution in [1.29, 1.82) is 5.26 Å². The topological polar surface area (TPSA) is 71.3 Å². The number of nitriles is 1. The first-order valence-corrected chi connectivity index (χ1v) is 12.4. The van der Waals surface area contributed by atoms with E-state index in [2.05, 4.69) is 39.4 Å². The normalized spacial score (nSPS) is 11.1. The number of benzene rings is 4. The molecule has 0 saturated carbocycles. The molecule has 1 N–H and O–H groups in total. The van der Waals surface area contributed by atoms with Gasteiger partial charge in [-0.25, -0.2) is 0 Å². The summed E-state index contributed by atoms with van der Waals surface area (Å²) in [7, 11) is 0. The highest BCUT2D eigenvalue weighted by atomic mass is 79.9. The maximum absolute atomic E-state index is 12.7. The second-order valence-corrected chi connectivity index (χ2v) is 9.09. The third-order valence-corrected chi connectivity index (χ3v) is 6.22. The summed E-state index contributed by atoms with van der Waals surface area (Å²) >= 11 is 10.0. The number of fused-ring (bicyclic) bond motifs is 1. The fraction of sp³-hybridized carbons (Fsp3) is 0.103. The molecule has 4 rings (SSSR count). The number of amides is 1. The van der Waals surface area contributed by atoms with Gasteiger partial charge in [-0.15, -0.1) is 0 Å². The van der Waals surface area contributed by atoms with Crippen molar-refractivity contribution in [3.63, 3.8) is 0 Å². The highest BCUT2D eigenvalue weighted by Crippen LogP contribution is 2.36. The van der Waals surface area contributed by atoms with Gasteiger partial charge in [-0.1, -0.05) is 60.1 Å². The monoisotopic (exact) mass is 560 g/mol. The van der Waals surface area contributed by atoms with E-state index in [1.165, 1.54) is 6.08 Å². The van der Waals surface area contributed by atoms with Gasteiger partial charge in [0.15, 0.2) is 5.75 Å². The molecule has 0 fully saturated rings. The first-order chi connectivity index (χ1) is 17.5. The Morgan fingerprint density at radius 1 is 1.06 bits per heavy atom. The maximum atomic E-state index is 12.7. The molecule has 0 aliphatic carbocycles. The summed E-state index contributed by atoms with van der Waals surface area (Å²) in [6.07, 6.45) is 1.48. The number of carbonyl (C=O) groups is 1. The van der Waals surface area contributed by atoms with Crippen molar-refractivity contribution in [2.75, 3.05) is 11.9 Å². The van der Waals surface area contributed by atoms with Crippen LogP contribution in [0.5, 0.6) is 11.5 Å². The van der Waals surface area contributed by atoms with Gasteiger partial charge in [0.1, 0.15) is 24.0 Å². The van der Waals surface area contributed by atoms with Gasteiger partial charge in [0.25, 0.3) is 5.91 Å². The van der Waals surface area contributed by atoms with Gasteiger partial charge in [-0.3, -0.25) is 4.79 Å². The molecule has 0 aliphatic heterocycles. The van der Waals surface area contributed by atoms with Crippen LogP contribution in [0, 0.1) is 11.3 Å². The molecule has 0 aromatic heterocycles. The maximum Gasteiger partial charge on any atom is 0.266 e. The van der Waals surface area contributed by atoms with Gasteiger partial charge in [0, 0.05) is 11.8 Å². The van der Waals surface area contributed by atoms with Crippen molar-refractivity contribution < 1.29 is 14.3 Å². The van der Waals surface area contributed by atoms with Crippen LogP contribution in [0.15, 0.2) is 88.9 Å². The molecule has 0 bridgehead atoms. The smallest absolute Gasteiger partial charge is 0.266 e. The molecule has 4 aromatic rings. The summed E-state index contributed by atoms with van der Waals surface area (Å²) in [6.45, 7) is 2.73. The lowest BCUT2D eigenvalue weighted by Crippen LogP contribution is -2.13. The predicted molar refractivity (Wildman–Crippen MR) is 147 cm³/mol. The van der Waals surface area contributed by atoms with E-state index in [0.717, 1.165) is 16.3 Å². The Balaban J connectivity index is 1.51. The Labute approximate surface area is 223 Å². The summed E-state index contributed by atoms with van der Waals surface area (Å²) in [5.74, 6) is 0.583. The molecule has 0 heterocycles. The third-order valence-electron chi connectivity index (χ3n) is 5.35. The number of anilines is 1. The van der Waals surface area contributed by atoms with Crippen molar-refractivity contribution in [3.05, 3.63) is 105 Å². The molecule has 4 aromatic carbocycles. The highest BCUT2D eigenvalue weighted by Gasteiger charge is 2.14. The largest absolute Gasteiger partial charge is 0.494 e. The first kappa shape index (κ1) is 25.3. The molecule has 0 radical (unpaired) electrons. The van der Waals surface area contributed by atoms with Crippen LogP contribution >= 0.6 is 27.5 Å². The van der Waals surface area contributed by atoms with Gasteiger partial charge in [0.05, 0.1) is 16.1 Å². The summed E-state index contributed by atoms with van der Waals surface area (Å²) < 4.78 is 12.1. The van der Waals surface area contributed by atoms with Crippen LogP contribution in [0.25, 0.3) is 16.8 Å².